The van der Waals surface area contributed by atoms with Crippen LogP contribution in [0.25, 0.3) is 0 Å². The summed E-state index contributed by atoms with van der Waals surface area (Å²) in [5.41, 5.74) is 4.53. The highest BCUT2D eigenvalue weighted by Gasteiger charge is 2.92. The fraction of sp³-hybridized carbons (Fsp3) is 0.830. The van der Waals surface area contributed by atoms with Crippen LogP contribution in [0.1, 0.15) is 82.6 Å². The van der Waals surface area contributed by atoms with E-state index in [0.29, 0.717) is 11.8 Å². The van der Waals surface area contributed by atoms with Gasteiger partial charge in [0, 0.05) is 11.8 Å². The summed E-state index contributed by atoms with van der Waals surface area (Å²) >= 11 is 0. The zero-order chi connectivity index (χ0) is 34.9. The molecule has 18 rings (SSSR count). The normalized spacial score (nSPS) is 71.1. The molecule has 0 saturated heterocycles. The third kappa shape index (κ3) is 2.62. The molecule has 0 N–H and O–H groups in total. The van der Waals surface area contributed by atoms with E-state index in [9.17, 15) is 4.79 Å². The molecule has 16 fully saturated rings. The smallest absolute Gasteiger partial charge is 0.305 e. The molecule has 0 heterocycles. The van der Waals surface area contributed by atoms with Crippen LogP contribution in [0.4, 0.5) is 0 Å². The Balaban J connectivity index is 0.908. The maximum Gasteiger partial charge on any atom is 0.305 e. The molecule has 0 bridgehead atoms. The SMILES string of the molecule is COC(=O)CCCC1(c2ccccc2)C2C3CC4CC5CC6CC7CC8CC9CCC%10C%11C%12=CCC21C%12C1C3C2C4C5C3C6C7C4C8C(C9%10)C5C%11C1C2C3C45. The number of hydrogen-bond acceptors (Lipinski definition) is 2. The van der Waals surface area contributed by atoms with E-state index < -0.39 is 0 Å². The molecular weight excluding hydrogens is 669 g/mol. The molecule has 0 aliphatic heterocycles. The van der Waals surface area contributed by atoms with Crippen molar-refractivity contribution in [2.24, 2.45) is 177 Å². The van der Waals surface area contributed by atoms with Gasteiger partial charge in [0.2, 0.25) is 0 Å². The quantitative estimate of drug-likeness (QED) is 0.223. The molecule has 16 saturated carbocycles. The van der Waals surface area contributed by atoms with Crippen molar-refractivity contribution < 1.29 is 9.53 Å². The van der Waals surface area contributed by atoms with Gasteiger partial charge in [-0.3, -0.25) is 4.79 Å². The van der Waals surface area contributed by atoms with E-state index in [4.69, 9.17) is 4.74 Å². The van der Waals surface area contributed by atoms with Gasteiger partial charge in [-0.1, -0.05) is 42.0 Å². The summed E-state index contributed by atoms with van der Waals surface area (Å²) in [7, 11) is 1.61. The average Bonchev–Trinajstić information content (AvgIpc) is 3.93. The van der Waals surface area contributed by atoms with Crippen LogP contribution < -0.4 is 0 Å². The van der Waals surface area contributed by atoms with Crippen molar-refractivity contribution in [2.45, 2.75) is 82.5 Å². The second-order valence-electron chi connectivity index (χ2n) is 25.5. The Bertz CT molecular complexity index is 2050. The highest BCUT2D eigenvalue weighted by molar-refractivity contribution is 5.69. The van der Waals surface area contributed by atoms with Crippen molar-refractivity contribution in [1.82, 2.24) is 0 Å². The van der Waals surface area contributed by atoms with Gasteiger partial charge < -0.3 is 4.74 Å². The Morgan fingerprint density at radius 3 is 1.85 bits per heavy atom. The number of rotatable bonds is 5. The van der Waals surface area contributed by atoms with Gasteiger partial charge in [0.25, 0.3) is 0 Å². The van der Waals surface area contributed by atoms with E-state index in [0.717, 1.165) is 143 Å². The lowest BCUT2D eigenvalue weighted by Crippen LogP contribution is -2.66. The van der Waals surface area contributed by atoms with E-state index in [2.05, 4.69) is 42.0 Å². The molecule has 1 aromatic carbocycles. The summed E-state index contributed by atoms with van der Waals surface area (Å²) in [6, 6.07) is 12.3. The van der Waals surface area contributed by atoms with Crippen LogP contribution in [0.3, 0.4) is 0 Å². The number of allylic oxidation sites excluding steroid dienone is 2. The topological polar surface area (TPSA) is 26.3 Å². The Kier molecular flexibility index (Phi) is 4.75. The predicted molar refractivity (Wildman–Crippen MR) is 207 cm³/mol. The van der Waals surface area contributed by atoms with Gasteiger partial charge >= 0.3 is 5.97 Å². The van der Waals surface area contributed by atoms with Crippen LogP contribution in [0.2, 0.25) is 0 Å². The van der Waals surface area contributed by atoms with Crippen molar-refractivity contribution in [3.05, 3.63) is 47.5 Å². The second kappa shape index (κ2) is 8.81. The third-order valence-corrected chi connectivity index (χ3v) is 26.5. The first-order chi connectivity index (χ1) is 27.2. The molecule has 55 heavy (non-hydrogen) atoms. The molecule has 17 aliphatic carbocycles. The molecular formula is C53H62O2. The van der Waals surface area contributed by atoms with Gasteiger partial charge in [-0.25, -0.2) is 0 Å². The number of ether oxygens (including phenoxy) is 1. The van der Waals surface area contributed by atoms with Gasteiger partial charge in [0.1, 0.15) is 0 Å². The molecule has 286 valence electrons. The summed E-state index contributed by atoms with van der Waals surface area (Å²) in [6.45, 7) is 0. The highest BCUT2D eigenvalue weighted by atomic mass is 16.5. The number of methoxy groups -OCH3 is 1. The first kappa shape index (κ1) is 29.6. The minimum absolute atomic E-state index is 0.0163. The van der Waals surface area contributed by atoms with E-state index in [1.54, 1.807) is 64.0 Å². The van der Waals surface area contributed by atoms with Gasteiger partial charge in [-0.2, -0.15) is 0 Å². The lowest BCUT2D eigenvalue weighted by atomic mass is 9.34. The van der Waals surface area contributed by atoms with Crippen LogP contribution >= 0.6 is 0 Å². The van der Waals surface area contributed by atoms with Crippen molar-refractivity contribution in [3.63, 3.8) is 0 Å². The molecule has 2 heteroatoms. The minimum atomic E-state index is 0.0163. The number of benzene rings is 1. The summed E-state index contributed by atoms with van der Waals surface area (Å²) in [4.78, 5) is 12.8. The van der Waals surface area contributed by atoms with Gasteiger partial charge in [0.15, 0.2) is 0 Å². The fourth-order valence-electron chi connectivity index (χ4n) is 27.9. The molecule has 0 amide bonds. The molecule has 31 atom stereocenters. The van der Waals surface area contributed by atoms with E-state index in [-0.39, 0.29) is 11.4 Å². The molecule has 31 unspecified atom stereocenters. The van der Waals surface area contributed by atoms with Gasteiger partial charge in [-0.15, -0.1) is 0 Å². The standard InChI is InChI=1S/C53H62O2/c1-55-30(54)8-5-12-52(26-6-3-2-4-7-26)51-29-19-25-18-24-17-23-16-22-15-21-14-20-9-10-27-31(20)39-36(21)41-33(22)32(23)40-34(24)35(25)42-38(29)49-48-43(44(39)46(41)45(40)47(42)48)37(27)28-11-13-53(51,52)50(28)49/h2-4,6-7,11,20-25,27,29,31-51H,5,8-10,12-19H2,1H3. The van der Waals surface area contributed by atoms with E-state index in [1.165, 1.54) is 48.3 Å². The molecule has 1 aromatic rings. The Hall–Kier alpha value is -1.57. The van der Waals surface area contributed by atoms with Crippen LogP contribution in [-0.2, 0) is 14.9 Å². The summed E-state index contributed by atoms with van der Waals surface area (Å²) in [6.07, 6.45) is 20.5. The van der Waals surface area contributed by atoms with Crippen molar-refractivity contribution >= 4 is 5.97 Å². The van der Waals surface area contributed by atoms with Crippen LogP contribution in [0.5, 0.6) is 0 Å². The monoisotopic (exact) mass is 730 g/mol. The molecule has 17 aliphatic rings. The predicted octanol–water partition coefficient (Wildman–Crippen LogP) is 9.79. The summed E-state index contributed by atoms with van der Waals surface area (Å²) in [5, 5.41) is 0. The Morgan fingerprint density at radius 1 is 0.600 bits per heavy atom. The van der Waals surface area contributed by atoms with Crippen LogP contribution in [0.15, 0.2) is 42.0 Å². The molecule has 0 radical (unpaired) electrons. The van der Waals surface area contributed by atoms with Crippen LogP contribution in [0, 0.1) is 177 Å². The van der Waals surface area contributed by atoms with Gasteiger partial charge in [0.05, 0.1) is 7.11 Å². The fourth-order valence-corrected chi connectivity index (χ4v) is 27.9. The maximum atomic E-state index is 12.8. The number of hydrogen-bond donors (Lipinski definition) is 0. The third-order valence-electron chi connectivity index (χ3n) is 26.5. The number of carbonyl (C=O) groups is 1. The number of esters is 1. The minimum Gasteiger partial charge on any atom is -0.469 e. The van der Waals surface area contributed by atoms with Gasteiger partial charge in [-0.05, 0) is 253 Å². The zero-order valence-corrected chi connectivity index (χ0v) is 33.0. The second-order valence-corrected chi connectivity index (χ2v) is 25.5. The van der Waals surface area contributed by atoms with Crippen molar-refractivity contribution in [2.75, 3.05) is 7.11 Å². The van der Waals surface area contributed by atoms with E-state index in [1.807, 2.05) is 0 Å². The molecule has 2 nitrogen and oxygen atoms in total. The zero-order valence-electron chi connectivity index (χ0n) is 33.0. The first-order valence-electron chi connectivity index (χ1n) is 25.0. The lowest BCUT2D eigenvalue weighted by molar-refractivity contribution is -0.224. The molecule has 1 spiro atoms. The lowest BCUT2D eigenvalue weighted by Gasteiger charge is -2.70. The summed E-state index contributed by atoms with van der Waals surface area (Å²) < 4.78 is 5.32. The maximum absolute atomic E-state index is 12.8. The van der Waals surface area contributed by atoms with Crippen molar-refractivity contribution in [1.29, 1.82) is 0 Å². The molecule has 0 aromatic heterocycles. The van der Waals surface area contributed by atoms with Crippen molar-refractivity contribution in [3.8, 4) is 0 Å². The Labute approximate surface area is 328 Å². The number of carbonyl (C=O) groups excluding carboxylic acids is 1. The van der Waals surface area contributed by atoms with E-state index >= 15 is 0 Å². The Morgan fingerprint density at radius 2 is 1.16 bits per heavy atom. The van der Waals surface area contributed by atoms with Crippen LogP contribution in [-0.4, -0.2) is 13.1 Å². The highest BCUT2D eigenvalue weighted by Crippen LogP contribution is 2.96. The number of fused-ring (bicyclic) bond motifs is 3. The average molecular weight is 731 g/mol. The largest absolute Gasteiger partial charge is 0.469 e. The first-order valence-corrected chi connectivity index (χ1v) is 25.0. The summed E-state index contributed by atoms with van der Waals surface area (Å²) in [5.74, 6) is 31.6.